The highest BCUT2D eigenvalue weighted by Crippen LogP contribution is 2.26. The smallest absolute Gasteiger partial charge is 0.277 e. The highest BCUT2D eigenvalue weighted by atomic mass is 32.2. The van der Waals surface area contributed by atoms with Crippen LogP contribution in [0.15, 0.2) is 52.4 Å². The standard InChI is InChI=1S/C17H16N4O3S/c1-11-5-6-14(23-2)13(8-11)19-15(22)10-25-17-21-20-16(24-17)12-4-3-7-18-9-12/h3-9H,10H2,1-2H3,(H,19,22). The number of amides is 1. The predicted octanol–water partition coefficient (Wildman–Crippen LogP) is 3.18. The Labute approximate surface area is 148 Å². The fourth-order valence-corrected chi connectivity index (χ4v) is 2.67. The van der Waals surface area contributed by atoms with Crippen LogP contribution in [0.25, 0.3) is 11.5 Å². The maximum Gasteiger partial charge on any atom is 0.277 e. The van der Waals surface area contributed by atoms with Gasteiger partial charge in [-0.15, -0.1) is 10.2 Å². The molecule has 0 saturated heterocycles. The fourth-order valence-electron chi connectivity index (χ4n) is 2.11. The highest BCUT2D eigenvalue weighted by molar-refractivity contribution is 7.99. The lowest BCUT2D eigenvalue weighted by molar-refractivity contribution is -0.113. The van der Waals surface area contributed by atoms with E-state index in [0.717, 1.165) is 11.1 Å². The maximum atomic E-state index is 12.2. The molecule has 8 heteroatoms. The number of aromatic nitrogens is 3. The number of carbonyl (C=O) groups excluding carboxylic acids is 1. The predicted molar refractivity (Wildman–Crippen MR) is 94.6 cm³/mol. The first-order valence-electron chi connectivity index (χ1n) is 7.47. The number of thioether (sulfide) groups is 1. The van der Waals surface area contributed by atoms with Gasteiger partial charge in [0.1, 0.15) is 5.75 Å². The van der Waals surface area contributed by atoms with Gasteiger partial charge < -0.3 is 14.5 Å². The molecule has 7 nitrogen and oxygen atoms in total. The third kappa shape index (κ3) is 4.36. The molecule has 1 aromatic carbocycles. The number of nitrogens with zero attached hydrogens (tertiary/aromatic N) is 3. The number of hydrogen-bond donors (Lipinski definition) is 1. The average molecular weight is 356 g/mol. The van der Waals surface area contributed by atoms with E-state index in [0.29, 0.717) is 22.6 Å². The summed E-state index contributed by atoms with van der Waals surface area (Å²) in [6.45, 7) is 1.95. The second-order valence-electron chi connectivity index (χ2n) is 5.16. The lowest BCUT2D eigenvalue weighted by atomic mass is 10.2. The fraction of sp³-hybridized carbons (Fsp3) is 0.176. The third-order valence-corrected chi connectivity index (χ3v) is 4.09. The van der Waals surface area contributed by atoms with E-state index in [1.807, 2.05) is 31.2 Å². The summed E-state index contributed by atoms with van der Waals surface area (Å²) in [6.07, 6.45) is 3.30. The molecule has 0 radical (unpaired) electrons. The second-order valence-corrected chi connectivity index (χ2v) is 6.08. The van der Waals surface area contributed by atoms with Crippen LogP contribution >= 0.6 is 11.8 Å². The summed E-state index contributed by atoms with van der Waals surface area (Å²) in [4.78, 5) is 16.2. The van der Waals surface area contributed by atoms with Crippen LogP contribution < -0.4 is 10.1 Å². The Balaban J connectivity index is 1.60. The molecule has 1 amide bonds. The van der Waals surface area contributed by atoms with Crippen molar-refractivity contribution in [3.8, 4) is 17.2 Å². The highest BCUT2D eigenvalue weighted by Gasteiger charge is 2.13. The summed E-state index contributed by atoms with van der Waals surface area (Å²) in [5.74, 6) is 0.943. The number of anilines is 1. The normalized spacial score (nSPS) is 10.5. The Bertz CT molecular complexity index is 867. The largest absolute Gasteiger partial charge is 0.495 e. The lowest BCUT2D eigenvalue weighted by Gasteiger charge is -2.10. The number of methoxy groups -OCH3 is 1. The molecule has 0 fully saturated rings. The van der Waals surface area contributed by atoms with Gasteiger partial charge >= 0.3 is 0 Å². The van der Waals surface area contributed by atoms with Crippen molar-refractivity contribution in [2.24, 2.45) is 0 Å². The second kappa shape index (κ2) is 7.80. The van der Waals surface area contributed by atoms with Gasteiger partial charge in [0.25, 0.3) is 5.22 Å². The summed E-state index contributed by atoms with van der Waals surface area (Å²) in [5, 5.41) is 11.0. The summed E-state index contributed by atoms with van der Waals surface area (Å²) in [5.41, 5.74) is 2.40. The van der Waals surface area contributed by atoms with Gasteiger partial charge in [0.15, 0.2) is 0 Å². The number of ether oxygens (including phenoxy) is 1. The number of carbonyl (C=O) groups is 1. The minimum absolute atomic E-state index is 0.145. The van der Waals surface area contributed by atoms with Gasteiger partial charge in [0, 0.05) is 12.4 Å². The van der Waals surface area contributed by atoms with E-state index < -0.39 is 0 Å². The van der Waals surface area contributed by atoms with E-state index in [1.54, 1.807) is 25.6 Å². The van der Waals surface area contributed by atoms with Gasteiger partial charge in [-0.3, -0.25) is 9.78 Å². The van der Waals surface area contributed by atoms with Crippen LogP contribution in [-0.4, -0.2) is 34.0 Å². The minimum Gasteiger partial charge on any atom is -0.495 e. The molecule has 0 aliphatic rings. The van der Waals surface area contributed by atoms with E-state index >= 15 is 0 Å². The molecule has 1 N–H and O–H groups in total. The number of benzene rings is 1. The number of aryl methyl sites for hydroxylation is 1. The molecular formula is C17H16N4O3S. The maximum absolute atomic E-state index is 12.2. The molecule has 0 saturated carbocycles. The molecule has 0 aliphatic carbocycles. The summed E-state index contributed by atoms with van der Waals surface area (Å²) in [7, 11) is 1.56. The number of nitrogens with one attached hydrogen (secondary N) is 1. The quantitative estimate of drug-likeness (QED) is 0.678. The molecule has 2 heterocycles. The van der Waals surface area contributed by atoms with Crippen molar-refractivity contribution < 1.29 is 13.9 Å². The lowest BCUT2D eigenvalue weighted by Crippen LogP contribution is -2.14. The first kappa shape index (κ1) is 17.0. The molecule has 0 unspecified atom stereocenters. The van der Waals surface area contributed by atoms with Crippen LogP contribution in [0, 0.1) is 6.92 Å². The summed E-state index contributed by atoms with van der Waals surface area (Å²) in [6, 6.07) is 9.20. The van der Waals surface area contributed by atoms with E-state index in [-0.39, 0.29) is 11.7 Å². The van der Waals surface area contributed by atoms with Crippen LogP contribution in [0.3, 0.4) is 0 Å². The van der Waals surface area contributed by atoms with Gasteiger partial charge in [-0.25, -0.2) is 0 Å². The number of pyridine rings is 1. The SMILES string of the molecule is COc1ccc(C)cc1NC(=O)CSc1nnc(-c2cccnc2)o1. The van der Waals surface area contributed by atoms with Gasteiger partial charge in [-0.2, -0.15) is 0 Å². The summed E-state index contributed by atoms with van der Waals surface area (Å²) >= 11 is 1.17. The molecule has 128 valence electrons. The van der Waals surface area contributed by atoms with Crippen molar-refractivity contribution in [2.75, 3.05) is 18.2 Å². The third-order valence-electron chi connectivity index (χ3n) is 3.27. The topological polar surface area (TPSA) is 90.1 Å². The van der Waals surface area contributed by atoms with Gasteiger partial charge in [-0.05, 0) is 36.8 Å². The zero-order valence-corrected chi connectivity index (χ0v) is 14.5. The first-order chi connectivity index (χ1) is 12.2. The van der Waals surface area contributed by atoms with E-state index in [1.165, 1.54) is 11.8 Å². The van der Waals surface area contributed by atoms with Crippen LogP contribution in [0.4, 0.5) is 5.69 Å². The molecular weight excluding hydrogens is 340 g/mol. The van der Waals surface area contributed by atoms with E-state index in [9.17, 15) is 4.79 Å². The van der Waals surface area contributed by atoms with Crippen molar-refractivity contribution in [3.63, 3.8) is 0 Å². The van der Waals surface area contributed by atoms with Crippen molar-refractivity contribution in [1.82, 2.24) is 15.2 Å². The van der Waals surface area contributed by atoms with Crippen LogP contribution in [-0.2, 0) is 4.79 Å². The average Bonchev–Trinajstić information content (AvgIpc) is 3.10. The van der Waals surface area contributed by atoms with Crippen molar-refractivity contribution in [1.29, 1.82) is 0 Å². The molecule has 3 rings (SSSR count). The zero-order chi connectivity index (χ0) is 17.6. The monoisotopic (exact) mass is 356 g/mol. The van der Waals surface area contributed by atoms with E-state index in [2.05, 4.69) is 20.5 Å². The Morgan fingerprint density at radius 1 is 1.32 bits per heavy atom. The molecule has 0 bridgehead atoms. The summed E-state index contributed by atoms with van der Waals surface area (Å²) < 4.78 is 10.8. The Morgan fingerprint density at radius 3 is 2.96 bits per heavy atom. The first-order valence-corrected chi connectivity index (χ1v) is 8.45. The number of hydrogen-bond acceptors (Lipinski definition) is 7. The minimum atomic E-state index is -0.185. The Hall–Kier alpha value is -2.87. The molecule has 25 heavy (non-hydrogen) atoms. The number of rotatable bonds is 6. The van der Waals surface area contributed by atoms with Crippen LogP contribution in [0.2, 0.25) is 0 Å². The Morgan fingerprint density at radius 2 is 2.20 bits per heavy atom. The van der Waals surface area contributed by atoms with Crippen molar-refractivity contribution in [3.05, 3.63) is 48.3 Å². The van der Waals surface area contributed by atoms with Gasteiger partial charge in [-0.1, -0.05) is 17.8 Å². The molecule has 0 aliphatic heterocycles. The van der Waals surface area contributed by atoms with Gasteiger partial charge in [0.2, 0.25) is 11.8 Å². The van der Waals surface area contributed by atoms with E-state index in [4.69, 9.17) is 9.15 Å². The molecule has 3 aromatic rings. The molecule has 0 spiro atoms. The van der Waals surface area contributed by atoms with Gasteiger partial charge in [0.05, 0.1) is 24.1 Å². The van der Waals surface area contributed by atoms with Crippen molar-refractivity contribution in [2.45, 2.75) is 12.1 Å². The van der Waals surface area contributed by atoms with Crippen molar-refractivity contribution >= 4 is 23.4 Å². The Kier molecular flexibility index (Phi) is 5.30. The molecule has 0 atom stereocenters. The van der Waals surface area contributed by atoms with Crippen LogP contribution in [0.1, 0.15) is 5.56 Å². The molecule has 2 aromatic heterocycles. The van der Waals surface area contributed by atoms with Crippen LogP contribution in [0.5, 0.6) is 5.75 Å². The zero-order valence-electron chi connectivity index (χ0n) is 13.7.